The van der Waals surface area contributed by atoms with Crippen LogP contribution in [0.2, 0.25) is 0 Å². The Bertz CT molecular complexity index is 710. The summed E-state index contributed by atoms with van der Waals surface area (Å²) in [5.41, 5.74) is 2.63. The molecule has 0 saturated carbocycles. The van der Waals surface area contributed by atoms with Crippen molar-refractivity contribution in [1.29, 1.82) is 0 Å². The summed E-state index contributed by atoms with van der Waals surface area (Å²) in [4.78, 5) is 25.1. The normalized spacial score (nSPS) is 13.3. The summed E-state index contributed by atoms with van der Waals surface area (Å²) in [6.07, 6.45) is 0.688. The van der Waals surface area contributed by atoms with Crippen LogP contribution in [-0.2, 0) is 6.42 Å². The third kappa shape index (κ3) is 2.25. The van der Waals surface area contributed by atoms with Gasteiger partial charge in [-0.1, -0.05) is 0 Å². The van der Waals surface area contributed by atoms with Crippen LogP contribution in [0.15, 0.2) is 33.4 Å². The quantitative estimate of drug-likeness (QED) is 0.901. The molecule has 4 nitrogen and oxygen atoms in total. The van der Waals surface area contributed by atoms with Crippen LogP contribution in [0.25, 0.3) is 0 Å². The van der Waals surface area contributed by atoms with Gasteiger partial charge in [0.05, 0.1) is 14.9 Å². The molecule has 1 aliphatic heterocycles. The van der Waals surface area contributed by atoms with E-state index in [0.29, 0.717) is 18.5 Å². The Morgan fingerprint density at radius 2 is 2.05 bits per heavy atom. The Labute approximate surface area is 127 Å². The van der Waals surface area contributed by atoms with Gasteiger partial charge in [0, 0.05) is 17.6 Å². The van der Waals surface area contributed by atoms with Gasteiger partial charge in [0.15, 0.2) is 0 Å². The highest BCUT2D eigenvalue weighted by molar-refractivity contribution is 9.11. The molecule has 1 aliphatic rings. The fourth-order valence-corrected chi connectivity index (χ4v) is 3.45. The van der Waals surface area contributed by atoms with E-state index in [1.165, 1.54) is 17.4 Å². The lowest BCUT2D eigenvalue weighted by Gasteiger charge is -2.16. The topological polar surface area (TPSA) is 57.6 Å². The molecule has 1 N–H and O–H groups in total. The van der Waals surface area contributed by atoms with E-state index in [0.717, 1.165) is 15.0 Å². The minimum atomic E-state index is -0.945. The summed E-state index contributed by atoms with van der Waals surface area (Å²) in [5.74, 6) is -0.992. The number of benzene rings is 1. The summed E-state index contributed by atoms with van der Waals surface area (Å²) in [6.45, 7) is 0.588. The monoisotopic (exact) mass is 351 g/mol. The van der Waals surface area contributed by atoms with Crippen LogP contribution in [-0.4, -0.2) is 23.5 Å². The number of carboxylic acid groups (broad SMARTS) is 1. The summed E-state index contributed by atoms with van der Waals surface area (Å²) in [6, 6.07) is 6.70. The van der Waals surface area contributed by atoms with Gasteiger partial charge >= 0.3 is 5.97 Å². The summed E-state index contributed by atoms with van der Waals surface area (Å²) in [5, 5.41) is 10.8. The predicted molar refractivity (Wildman–Crippen MR) is 80.8 cm³/mol. The van der Waals surface area contributed by atoms with Crippen molar-refractivity contribution in [2.24, 2.45) is 0 Å². The van der Waals surface area contributed by atoms with E-state index >= 15 is 0 Å². The molecular formula is C14H10BrNO3S. The maximum Gasteiger partial charge on any atom is 0.335 e. The van der Waals surface area contributed by atoms with Crippen molar-refractivity contribution in [2.75, 3.05) is 11.4 Å². The van der Waals surface area contributed by atoms with Gasteiger partial charge in [0.2, 0.25) is 0 Å². The molecule has 6 heteroatoms. The maximum absolute atomic E-state index is 12.4. The molecule has 20 heavy (non-hydrogen) atoms. The van der Waals surface area contributed by atoms with E-state index in [-0.39, 0.29) is 11.5 Å². The number of fused-ring (bicyclic) bond motifs is 1. The number of anilines is 1. The molecule has 1 amide bonds. The van der Waals surface area contributed by atoms with E-state index < -0.39 is 5.97 Å². The first-order chi connectivity index (χ1) is 9.56. The standard InChI is InChI=1S/C14H10BrNO3S/c15-12-6-10(7-20-12)13(17)16-4-3-8-5-9(14(18)19)1-2-11(8)16/h1-2,5-7H,3-4H2,(H,18,19). The number of amides is 1. The van der Waals surface area contributed by atoms with Gasteiger partial charge in [-0.25, -0.2) is 4.79 Å². The second-order valence-electron chi connectivity index (χ2n) is 4.49. The van der Waals surface area contributed by atoms with Gasteiger partial charge in [-0.3, -0.25) is 4.79 Å². The number of aromatic carboxylic acids is 1. The Balaban J connectivity index is 1.93. The minimum Gasteiger partial charge on any atom is -0.478 e. The van der Waals surface area contributed by atoms with Crippen molar-refractivity contribution in [3.63, 3.8) is 0 Å². The number of thiophene rings is 1. The van der Waals surface area contributed by atoms with Gasteiger partial charge < -0.3 is 10.0 Å². The zero-order chi connectivity index (χ0) is 14.3. The van der Waals surface area contributed by atoms with Crippen molar-refractivity contribution < 1.29 is 14.7 Å². The molecule has 102 valence electrons. The highest BCUT2D eigenvalue weighted by atomic mass is 79.9. The number of carboxylic acids is 1. The van der Waals surface area contributed by atoms with Gasteiger partial charge in [0.1, 0.15) is 0 Å². The average Bonchev–Trinajstić information content (AvgIpc) is 3.03. The van der Waals surface area contributed by atoms with E-state index in [1.807, 2.05) is 5.38 Å². The fraction of sp³-hybridized carbons (Fsp3) is 0.143. The molecule has 0 atom stereocenters. The van der Waals surface area contributed by atoms with Crippen molar-refractivity contribution >= 4 is 44.8 Å². The predicted octanol–water partition coefficient (Wildman–Crippen LogP) is 3.41. The fourth-order valence-electron chi connectivity index (χ4n) is 2.32. The Kier molecular flexibility index (Phi) is 3.35. The molecule has 0 radical (unpaired) electrons. The molecule has 0 saturated heterocycles. The van der Waals surface area contributed by atoms with Gasteiger partial charge in [-0.05, 0) is 52.2 Å². The maximum atomic E-state index is 12.4. The Morgan fingerprint density at radius 1 is 1.25 bits per heavy atom. The third-order valence-electron chi connectivity index (χ3n) is 3.28. The second kappa shape index (κ2) is 5.03. The molecule has 1 aromatic heterocycles. The SMILES string of the molecule is O=C(O)c1ccc2c(c1)CCN2C(=O)c1csc(Br)c1. The van der Waals surface area contributed by atoms with Crippen LogP contribution in [0.1, 0.15) is 26.3 Å². The number of halogens is 1. The summed E-state index contributed by atoms with van der Waals surface area (Å²) in [7, 11) is 0. The van der Waals surface area contributed by atoms with Crippen LogP contribution < -0.4 is 4.90 Å². The van der Waals surface area contributed by atoms with Crippen LogP contribution in [0.3, 0.4) is 0 Å². The van der Waals surface area contributed by atoms with E-state index in [1.54, 1.807) is 23.1 Å². The van der Waals surface area contributed by atoms with Gasteiger partial charge in [-0.15, -0.1) is 11.3 Å². The molecule has 3 rings (SSSR count). The average molecular weight is 352 g/mol. The molecule has 1 aromatic carbocycles. The lowest BCUT2D eigenvalue weighted by molar-refractivity contribution is 0.0696. The number of rotatable bonds is 2. The van der Waals surface area contributed by atoms with E-state index in [9.17, 15) is 9.59 Å². The van der Waals surface area contributed by atoms with Gasteiger partial charge in [0.25, 0.3) is 5.91 Å². The summed E-state index contributed by atoms with van der Waals surface area (Å²) < 4.78 is 0.918. The van der Waals surface area contributed by atoms with E-state index in [2.05, 4.69) is 15.9 Å². The zero-order valence-corrected chi connectivity index (χ0v) is 12.7. The van der Waals surface area contributed by atoms with Crippen molar-refractivity contribution in [3.8, 4) is 0 Å². The molecule has 0 fully saturated rings. The highest BCUT2D eigenvalue weighted by Gasteiger charge is 2.26. The second-order valence-corrected chi connectivity index (χ2v) is 6.79. The Hall–Kier alpha value is -1.66. The highest BCUT2D eigenvalue weighted by Crippen LogP contribution is 2.31. The number of carbonyl (C=O) groups excluding carboxylic acids is 1. The van der Waals surface area contributed by atoms with Crippen LogP contribution in [0, 0.1) is 0 Å². The van der Waals surface area contributed by atoms with Crippen LogP contribution in [0.5, 0.6) is 0 Å². The minimum absolute atomic E-state index is 0.0474. The van der Waals surface area contributed by atoms with Crippen LogP contribution in [0.4, 0.5) is 5.69 Å². The molecule has 0 bridgehead atoms. The zero-order valence-electron chi connectivity index (χ0n) is 10.3. The largest absolute Gasteiger partial charge is 0.478 e. The van der Waals surface area contributed by atoms with E-state index in [4.69, 9.17) is 5.11 Å². The smallest absolute Gasteiger partial charge is 0.335 e. The first-order valence-corrected chi connectivity index (χ1v) is 7.65. The number of hydrogen-bond donors (Lipinski definition) is 1. The third-order valence-corrected chi connectivity index (χ3v) is 4.79. The molecule has 0 unspecified atom stereocenters. The van der Waals surface area contributed by atoms with Crippen molar-refractivity contribution in [3.05, 3.63) is 50.1 Å². The van der Waals surface area contributed by atoms with Crippen LogP contribution >= 0.6 is 27.3 Å². The van der Waals surface area contributed by atoms with Crippen molar-refractivity contribution in [2.45, 2.75) is 6.42 Å². The number of carbonyl (C=O) groups is 2. The summed E-state index contributed by atoms with van der Waals surface area (Å²) >= 11 is 4.82. The first kappa shape index (κ1) is 13.3. The molecular weight excluding hydrogens is 342 g/mol. The number of nitrogens with zero attached hydrogens (tertiary/aromatic N) is 1. The number of hydrogen-bond acceptors (Lipinski definition) is 3. The first-order valence-electron chi connectivity index (χ1n) is 5.98. The molecule has 2 heterocycles. The molecule has 0 spiro atoms. The lowest BCUT2D eigenvalue weighted by atomic mass is 10.1. The van der Waals surface area contributed by atoms with Crippen molar-refractivity contribution in [1.82, 2.24) is 0 Å². The molecule has 0 aliphatic carbocycles. The van der Waals surface area contributed by atoms with Gasteiger partial charge in [-0.2, -0.15) is 0 Å². The Morgan fingerprint density at radius 3 is 2.70 bits per heavy atom. The molecule has 2 aromatic rings. The lowest BCUT2D eigenvalue weighted by Crippen LogP contribution is -2.28.